The SMILES string of the molecule is COC(=O)c1ccccc1NC(=O)N1CCCC2=C[C@H]3C[C@@H](CN4CCCC[C@H]34)[C@@H]21. The molecule has 0 saturated carbocycles. The molecule has 4 atom stereocenters. The van der Waals surface area contributed by atoms with Crippen LogP contribution in [0.5, 0.6) is 0 Å². The van der Waals surface area contributed by atoms with Crippen LogP contribution in [0.15, 0.2) is 35.9 Å². The lowest BCUT2D eigenvalue weighted by molar-refractivity contribution is 0.00908. The Balaban J connectivity index is 1.39. The first-order valence-electron chi connectivity index (χ1n) is 11.4. The fourth-order valence-electron chi connectivity index (χ4n) is 6.27. The van der Waals surface area contributed by atoms with E-state index in [1.807, 2.05) is 11.0 Å². The minimum atomic E-state index is -0.436. The van der Waals surface area contributed by atoms with E-state index in [0.29, 0.717) is 29.1 Å². The zero-order chi connectivity index (χ0) is 20.7. The quantitative estimate of drug-likeness (QED) is 0.594. The molecule has 3 fully saturated rings. The minimum Gasteiger partial charge on any atom is -0.465 e. The number of nitrogens with zero attached hydrogens (tertiary/aromatic N) is 2. The van der Waals surface area contributed by atoms with Crippen LogP contribution >= 0.6 is 0 Å². The third-order valence-electron chi connectivity index (χ3n) is 7.49. The fraction of sp³-hybridized carbons (Fsp3) is 0.583. The van der Waals surface area contributed by atoms with E-state index in [1.165, 1.54) is 44.9 Å². The van der Waals surface area contributed by atoms with Crippen molar-refractivity contribution in [2.75, 3.05) is 32.1 Å². The molecule has 6 nitrogen and oxygen atoms in total. The molecule has 1 aliphatic carbocycles. The van der Waals surface area contributed by atoms with Gasteiger partial charge in [-0.3, -0.25) is 4.90 Å². The van der Waals surface area contributed by atoms with Crippen molar-refractivity contribution in [2.24, 2.45) is 11.8 Å². The number of benzene rings is 1. The zero-order valence-corrected chi connectivity index (χ0v) is 17.7. The number of ether oxygens (including phenoxy) is 1. The fourth-order valence-corrected chi connectivity index (χ4v) is 6.27. The van der Waals surface area contributed by atoms with Crippen LogP contribution in [0.3, 0.4) is 0 Å². The van der Waals surface area contributed by atoms with Gasteiger partial charge in [0.15, 0.2) is 0 Å². The average Bonchev–Trinajstić information content (AvgIpc) is 2.78. The highest BCUT2D eigenvalue weighted by Crippen LogP contribution is 2.45. The van der Waals surface area contributed by atoms with Crippen LogP contribution in [-0.2, 0) is 4.74 Å². The normalized spacial score (nSPS) is 30.6. The standard InChI is InChI=1S/C24H31N3O3/c1-30-23(28)19-8-2-3-9-20(19)25-24(29)27-12-6-7-16-13-17-14-18(22(16)27)15-26-11-5-4-10-21(17)26/h2-3,8-9,13,17-18,21-22H,4-7,10-12,14-15H2,1H3,(H,25,29)/t17-,18-,21+,22+/m0/s1. The number of carbonyl (C=O) groups excluding carboxylic acids is 2. The molecule has 0 unspecified atom stereocenters. The van der Waals surface area contributed by atoms with Gasteiger partial charge in [0.2, 0.25) is 0 Å². The van der Waals surface area contributed by atoms with E-state index in [9.17, 15) is 9.59 Å². The number of hydrogen-bond donors (Lipinski definition) is 1. The van der Waals surface area contributed by atoms with Gasteiger partial charge in [0.25, 0.3) is 0 Å². The van der Waals surface area contributed by atoms with E-state index in [2.05, 4.69) is 16.3 Å². The molecule has 5 rings (SSSR count). The molecule has 160 valence electrons. The Bertz CT molecular complexity index is 867. The maximum atomic E-state index is 13.4. The molecule has 3 heterocycles. The second-order valence-corrected chi connectivity index (χ2v) is 9.17. The predicted octanol–water partition coefficient (Wildman–Crippen LogP) is 3.90. The van der Waals surface area contributed by atoms with Gasteiger partial charge in [-0.1, -0.05) is 30.2 Å². The van der Waals surface area contributed by atoms with E-state index in [4.69, 9.17) is 4.74 Å². The summed E-state index contributed by atoms with van der Waals surface area (Å²) < 4.78 is 4.88. The maximum Gasteiger partial charge on any atom is 0.339 e. The third kappa shape index (κ3) is 3.41. The Morgan fingerprint density at radius 2 is 2.00 bits per heavy atom. The molecule has 0 aromatic heterocycles. The van der Waals surface area contributed by atoms with Crippen molar-refractivity contribution in [2.45, 2.75) is 50.6 Å². The monoisotopic (exact) mass is 409 g/mol. The summed E-state index contributed by atoms with van der Waals surface area (Å²) in [6, 6.07) is 7.84. The molecular formula is C24H31N3O3. The van der Waals surface area contributed by atoms with Gasteiger partial charge in [0.1, 0.15) is 0 Å². The van der Waals surface area contributed by atoms with E-state index in [0.717, 1.165) is 25.9 Å². The summed E-state index contributed by atoms with van der Waals surface area (Å²) >= 11 is 0. The predicted molar refractivity (Wildman–Crippen MR) is 115 cm³/mol. The molecule has 2 amide bonds. The highest BCUT2D eigenvalue weighted by Gasteiger charge is 2.47. The number of anilines is 1. The number of rotatable bonds is 2. The van der Waals surface area contributed by atoms with Gasteiger partial charge in [-0.25, -0.2) is 9.59 Å². The largest absolute Gasteiger partial charge is 0.465 e. The Morgan fingerprint density at radius 1 is 1.13 bits per heavy atom. The Kier molecular flexibility index (Phi) is 5.27. The summed E-state index contributed by atoms with van der Waals surface area (Å²) in [5, 5.41) is 3.00. The van der Waals surface area contributed by atoms with E-state index < -0.39 is 5.97 Å². The molecule has 0 radical (unpaired) electrons. The van der Waals surface area contributed by atoms with Crippen molar-refractivity contribution in [1.82, 2.24) is 9.80 Å². The smallest absolute Gasteiger partial charge is 0.339 e. The van der Waals surface area contributed by atoms with Gasteiger partial charge in [-0.15, -0.1) is 0 Å². The van der Waals surface area contributed by atoms with Crippen molar-refractivity contribution in [1.29, 1.82) is 0 Å². The van der Waals surface area contributed by atoms with Crippen LogP contribution in [0.2, 0.25) is 0 Å². The van der Waals surface area contributed by atoms with Crippen molar-refractivity contribution in [3.05, 3.63) is 41.5 Å². The number of esters is 1. The first-order chi connectivity index (χ1) is 14.7. The van der Waals surface area contributed by atoms with Gasteiger partial charge in [-0.05, 0) is 62.6 Å². The van der Waals surface area contributed by atoms with Crippen molar-refractivity contribution >= 4 is 17.7 Å². The Hall–Kier alpha value is -2.34. The van der Waals surface area contributed by atoms with Crippen LogP contribution in [-0.4, -0.2) is 60.6 Å². The topological polar surface area (TPSA) is 61.9 Å². The van der Waals surface area contributed by atoms with Gasteiger partial charge in [-0.2, -0.15) is 0 Å². The summed E-state index contributed by atoms with van der Waals surface area (Å²) in [6.45, 7) is 3.07. The number of amides is 2. The number of methoxy groups -OCH3 is 1. The van der Waals surface area contributed by atoms with Gasteiger partial charge < -0.3 is 15.0 Å². The average molecular weight is 410 g/mol. The Morgan fingerprint density at radius 3 is 2.87 bits per heavy atom. The highest BCUT2D eigenvalue weighted by atomic mass is 16.5. The van der Waals surface area contributed by atoms with Crippen molar-refractivity contribution in [3.63, 3.8) is 0 Å². The summed E-state index contributed by atoms with van der Waals surface area (Å²) in [5.41, 5.74) is 2.36. The molecular weight excluding hydrogens is 378 g/mol. The van der Waals surface area contributed by atoms with Crippen LogP contribution in [0.4, 0.5) is 10.5 Å². The first kappa shape index (κ1) is 19.6. The lowest BCUT2D eigenvalue weighted by atomic mass is 9.68. The molecule has 6 heteroatoms. The molecule has 30 heavy (non-hydrogen) atoms. The molecule has 1 aromatic carbocycles. The van der Waals surface area contributed by atoms with Crippen LogP contribution < -0.4 is 5.32 Å². The number of nitrogens with one attached hydrogen (secondary N) is 1. The number of hydrogen-bond acceptors (Lipinski definition) is 4. The molecule has 1 N–H and O–H groups in total. The lowest BCUT2D eigenvalue weighted by Crippen LogP contribution is -2.60. The number of fused-ring (bicyclic) bond motifs is 6. The first-order valence-corrected chi connectivity index (χ1v) is 11.4. The van der Waals surface area contributed by atoms with Crippen LogP contribution in [0, 0.1) is 11.8 Å². The molecule has 4 aliphatic rings. The van der Waals surface area contributed by atoms with E-state index in [1.54, 1.807) is 18.2 Å². The Labute approximate surface area is 178 Å². The van der Waals surface area contributed by atoms with Crippen molar-refractivity contribution < 1.29 is 14.3 Å². The molecule has 2 bridgehead atoms. The second kappa shape index (κ2) is 8.06. The van der Waals surface area contributed by atoms with Gasteiger partial charge >= 0.3 is 12.0 Å². The third-order valence-corrected chi connectivity index (χ3v) is 7.49. The van der Waals surface area contributed by atoms with Crippen LogP contribution in [0.1, 0.15) is 48.9 Å². The zero-order valence-electron chi connectivity index (χ0n) is 17.7. The maximum absolute atomic E-state index is 13.4. The summed E-state index contributed by atoms with van der Waals surface area (Å²) in [4.78, 5) is 30.2. The van der Waals surface area contributed by atoms with Crippen molar-refractivity contribution in [3.8, 4) is 0 Å². The van der Waals surface area contributed by atoms with Crippen LogP contribution in [0.25, 0.3) is 0 Å². The molecule has 0 spiro atoms. The number of urea groups is 1. The number of likely N-dealkylation sites (tertiary alicyclic amines) is 1. The summed E-state index contributed by atoms with van der Waals surface area (Å²) in [5.74, 6) is 0.721. The van der Waals surface area contributed by atoms with Gasteiger partial charge in [0, 0.05) is 19.1 Å². The summed E-state index contributed by atoms with van der Waals surface area (Å²) in [6.07, 6.45) is 9.78. The lowest BCUT2D eigenvalue weighted by Gasteiger charge is -2.54. The minimum absolute atomic E-state index is 0.110. The van der Waals surface area contributed by atoms with E-state index >= 15 is 0 Å². The number of para-hydroxylation sites is 1. The molecule has 3 saturated heterocycles. The second-order valence-electron chi connectivity index (χ2n) is 9.17. The molecule has 3 aliphatic heterocycles. The number of carbonyl (C=O) groups is 2. The number of piperidine rings is 3. The summed E-state index contributed by atoms with van der Waals surface area (Å²) in [7, 11) is 1.36. The van der Waals surface area contributed by atoms with Gasteiger partial charge in [0.05, 0.1) is 24.4 Å². The highest BCUT2D eigenvalue weighted by molar-refractivity contribution is 6.00. The molecule has 1 aromatic rings. The van der Waals surface area contributed by atoms with E-state index in [-0.39, 0.29) is 12.1 Å².